The predicted molar refractivity (Wildman–Crippen MR) is 67.5 cm³/mol. The summed E-state index contributed by atoms with van der Waals surface area (Å²) in [5.41, 5.74) is 0. The topological polar surface area (TPSA) is 21.3 Å². The van der Waals surface area contributed by atoms with Crippen LogP contribution in [0, 0.1) is 17.8 Å². The molecule has 2 fully saturated rings. The average Bonchev–Trinajstić information content (AvgIpc) is 2.74. The molecular weight excluding hydrogens is 198 g/mol. The zero-order valence-electron chi connectivity index (χ0n) is 10.9. The van der Waals surface area contributed by atoms with Crippen molar-refractivity contribution in [2.75, 3.05) is 19.8 Å². The first-order valence-electron chi connectivity index (χ1n) is 7.12. The molecule has 94 valence electrons. The van der Waals surface area contributed by atoms with E-state index >= 15 is 0 Å². The molecule has 2 heteroatoms. The summed E-state index contributed by atoms with van der Waals surface area (Å²) in [5.74, 6) is 2.61. The van der Waals surface area contributed by atoms with E-state index in [1.807, 2.05) is 0 Å². The first-order chi connectivity index (χ1) is 7.81. The number of hydrogen-bond acceptors (Lipinski definition) is 2. The van der Waals surface area contributed by atoms with Gasteiger partial charge in [0, 0.05) is 12.6 Å². The Kier molecular flexibility index (Phi) is 4.66. The second-order valence-corrected chi connectivity index (χ2v) is 5.74. The van der Waals surface area contributed by atoms with Gasteiger partial charge in [-0.25, -0.2) is 0 Å². The molecule has 0 spiro atoms. The molecule has 4 atom stereocenters. The third kappa shape index (κ3) is 2.98. The van der Waals surface area contributed by atoms with E-state index in [0.717, 1.165) is 43.6 Å². The molecule has 1 aliphatic heterocycles. The van der Waals surface area contributed by atoms with Crippen molar-refractivity contribution < 1.29 is 4.74 Å². The Morgan fingerprint density at radius 3 is 2.69 bits per heavy atom. The van der Waals surface area contributed by atoms with Gasteiger partial charge in [0.05, 0.1) is 6.61 Å². The Balaban J connectivity index is 1.92. The lowest BCUT2D eigenvalue weighted by atomic mass is 9.83. The molecule has 0 radical (unpaired) electrons. The SMILES string of the molecule is CCNC(C1CCCOC1)C1CCC(C)C1. The fraction of sp³-hybridized carbons (Fsp3) is 1.00. The Morgan fingerprint density at radius 2 is 2.12 bits per heavy atom. The molecule has 2 rings (SSSR count). The molecule has 1 saturated heterocycles. The number of ether oxygens (including phenoxy) is 1. The van der Waals surface area contributed by atoms with Crippen LogP contribution in [0.1, 0.15) is 46.0 Å². The highest BCUT2D eigenvalue weighted by Gasteiger charge is 2.34. The zero-order valence-corrected chi connectivity index (χ0v) is 10.9. The minimum atomic E-state index is 0.718. The maximum Gasteiger partial charge on any atom is 0.0509 e. The van der Waals surface area contributed by atoms with Crippen LogP contribution in [0.4, 0.5) is 0 Å². The normalized spacial score (nSPS) is 37.5. The zero-order chi connectivity index (χ0) is 11.4. The highest BCUT2D eigenvalue weighted by atomic mass is 16.5. The molecule has 1 saturated carbocycles. The second-order valence-electron chi connectivity index (χ2n) is 5.74. The molecule has 1 aliphatic carbocycles. The lowest BCUT2D eigenvalue weighted by molar-refractivity contribution is 0.0291. The minimum Gasteiger partial charge on any atom is -0.381 e. The van der Waals surface area contributed by atoms with Crippen molar-refractivity contribution in [3.05, 3.63) is 0 Å². The number of rotatable bonds is 4. The Bertz CT molecular complexity index is 196. The van der Waals surface area contributed by atoms with E-state index < -0.39 is 0 Å². The molecule has 0 amide bonds. The summed E-state index contributed by atoms with van der Waals surface area (Å²) < 4.78 is 5.66. The maximum absolute atomic E-state index is 5.66. The standard InChI is InChI=1S/C14H27NO/c1-3-15-14(12-7-6-11(2)9-12)13-5-4-8-16-10-13/h11-15H,3-10H2,1-2H3. The van der Waals surface area contributed by atoms with E-state index in [-0.39, 0.29) is 0 Å². The molecule has 2 nitrogen and oxygen atoms in total. The van der Waals surface area contributed by atoms with E-state index in [1.165, 1.54) is 32.1 Å². The van der Waals surface area contributed by atoms with Crippen LogP contribution in [-0.2, 0) is 4.74 Å². The molecular formula is C14H27NO. The third-order valence-electron chi connectivity index (χ3n) is 4.39. The fourth-order valence-corrected chi connectivity index (χ4v) is 3.58. The summed E-state index contributed by atoms with van der Waals surface area (Å²) in [7, 11) is 0. The van der Waals surface area contributed by atoms with E-state index in [4.69, 9.17) is 4.74 Å². The van der Waals surface area contributed by atoms with Crippen LogP contribution in [0.15, 0.2) is 0 Å². The van der Waals surface area contributed by atoms with Crippen molar-refractivity contribution in [1.29, 1.82) is 0 Å². The highest BCUT2D eigenvalue weighted by molar-refractivity contribution is 4.88. The van der Waals surface area contributed by atoms with Crippen molar-refractivity contribution in [2.45, 2.75) is 52.0 Å². The Morgan fingerprint density at radius 1 is 1.25 bits per heavy atom. The molecule has 0 bridgehead atoms. The van der Waals surface area contributed by atoms with Crippen LogP contribution in [0.5, 0.6) is 0 Å². The summed E-state index contributed by atoms with van der Waals surface area (Å²) in [6, 6.07) is 0.718. The first kappa shape index (κ1) is 12.4. The summed E-state index contributed by atoms with van der Waals surface area (Å²) in [5, 5.41) is 3.73. The summed E-state index contributed by atoms with van der Waals surface area (Å²) in [6.07, 6.45) is 6.90. The first-order valence-corrected chi connectivity index (χ1v) is 7.12. The van der Waals surface area contributed by atoms with Crippen LogP contribution in [-0.4, -0.2) is 25.8 Å². The molecule has 1 N–H and O–H groups in total. The van der Waals surface area contributed by atoms with Gasteiger partial charge in [-0.2, -0.15) is 0 Å². The van der Waals surface area contributed by atoms with E-state index in [1.54, 1.807) is 0 Å². The Hall–Kier alpha value is -0.0800. The fourth-order valence-electron chi connectivity index (χ4n) is 3.58. The molecule has 4 unspecified atom stereocenters. The van der Waals surface area contributed by atoms with E-state index in [2.05, 4.69) is 19.2 Å². The van der Waals surface area contributed by atoms with Crippen LogP contribution >= 0.6 is 0 Å². The number of hydrogen-bond donors (Lipinski definition) is 1. The highest BCUT2D eigenvalue weighted by Crippen LogP contribution is 2.36. The van der Waals surface area contributed by atoms with Gasteiger partial charge < -0.3 is 10.1 Å². The lowest BCUT2D eigenvalue weighted by Crippen LogP contribution is -2.44. The second kappa shape index (κ2) is 6.02. The number of nitrogens with one attached hydrogen (secondary N) is 1. The van der Waals surface area contributed by atoms with Gasteiger partial charge in [0.25, 0.3) is 0 Å². The maximum atomic E-state index is 5.66. The molecule has 0 aromatic heterocycles. The minimum absolute atomic E-state index is 0.718. The van der Waals surface area contributed by atoms with Gasteiger partial charge in [0.1, 0.15) is 0 Å². The van der Waals surface area contributed by atoms with Crippen molar-refractivity contribution in [1.82, 2.24) is 5.32 Å². The van der Waals surface area contributed by atoms with Gasteiger partial charge in [-0.3, -0.25) is 0 Å². The largest absolute Gasteiger partial charge is 0.381 e. The van der Waals surface area contributed by atoms with Gasteiger partial charge in [-0.15, -0.1) is 0 Å². The predicted octanol–water partition coefficient (Wildman–Crippen LogP) is 2.83. The van der Waals surface area contributed by atoms with Crippen LogP contribution in [0.2, 0.25) is 0 Å². The van der Waals surface area contributed by atoms with Gasteiger partial charge in [0.2, 0.25) is 0 Å². The van der Waals surface area contributed by atoms with Gasteiger partial charge in [0.15, 0.2) is 0 Å². The smallest absolute Gasteiger partial charge is 0.0509 e. The average molecular weight is 225 g/mol. The summed E-state index contributed by atoms with van der Waals surface area (Å²) in [4.78, 5) is 0. The molecule has 16 heavy (non-hydrogen) atoms. The van der Waals surface area contributed by atoms with Gasteiger partial charge >= 0.3 is 0 Å². The third-order valence-corrected chi connectivity index (χ3v) is 4.39. The van der Waals surface area contributed by atoms with Crippen LogP contribution in [0.25, 0.3) is 0 Å². The van der Waals surface area contributed by atoms with E-state index in [9.17, 15) is 0 Å². The molecule has 0 aromatic rings. The van der Waals surface area contributed by atoms with Crippen molar-refractivity contribution >= 4 is 0 Å². The summed E-state index contributed by atoms with van der Waals surface area (Å²) >= 11 is 0. The van der Waals surface area contributed by atoms with E-state index in [0.29, 0.717) is 0 Å². The monoisotopic (exact) mass is 225 g/mol. The molecule has 1 heterocycles. The van der Waals surface area contributed by atoms with Crippen LogP contribution < -0.4 is 5.32 Å². The Labute approximate surface area is 100 Å². The molecule has 0 aromatic carbocycles. The van der Waals surface area contributed by atoms with Crippen LogP contribution in [0.3, 0.4) is 0 Å². The summed E-state index contributed by atoms with van der Waals surface area (Å²) in [6.45, 7) is 7.71. The lowest BCUT2D eigenvalue weighted by Gasteiger charge is -2.35. The molecule has 2 aliphatic rings. The van der Waals surface area contributed by atoms with Crippen molar-refractivity contribution in [3.63, 3.8) is 0 Å². The quantitative estimate of drug-likeness (QED) is 0.794. The van der Waals surface area contributed by atoms with Crippen molar-refractivity contribution in [2.24, 2.45) is 17.8 Å². The van der Waals surface area contributed by atoms with Crippen molar-refractivity contribution in [3.8, 4) is 0 Å². The van der Waals surface area contributed by atoms with Gasteiger partial charge in [-0.05, 0) is 50.0 Å². The van der Waals surface area contributed by atoms with Gasteiger partial charge in [-0.1, -0.05) is 20.3 Å².